The van der Waals surface area contributed by atoms with Gasteiger partial charge in [0.25, 0.3) is 0 Å². The number of aliphatic hydroxyl groups excluding tert-OH is 1. The van der Waals surface area contributed by atoms with Gasteiger partial charge in [-0.1, -0.05) is 30.3 Å². The minimum atomic E-state index is -0.277. The molecular weight excluding hydrogens is 218 g/mol. The summed E-state index contributed by atoms with van der Waals surface area (Å²) in [5.41, 5.74) is 0.994. The van der Waals surface area contributed by atoms with E-state index in [4.69, 9.17) is 9.84 Å². The molecular formula is C13H19NO3. The van der Waals surface area contributed by atoms with E-state index in [0.29, 0.717) is 19.5 Å². The second-order valence-electron chi connectivity index (χ2n) is 3.77. The van der Waals surface area contributed by atoms with Crippen LogP contribution in [0.15, 0.2) is 30.3 Å². The van der Waals surface area contributed by atoms with Gasteiger partial charge < -0.3 is 15.2 Å². The van der Waals surface area contributed by atoms with E-state index < -0.39 is 0 Å². The van der Waals surface area contributed by atoms with E-state index in [9.17, 15) is 4.79 Å². The van der Waals surface area contributed by atoms with Crippen molar-refractivity contribution >= 4 is 5.97 Å². The molecule has 0 spiro atoms. The average molecular weight is 237 g/mol. The van der Waals surface area contributed by atoms with Gasteiger partial charge >= 0.3 is 5.97 Å². The molecule has 94 valence electrons. The van der Waals surface area contributed by atoms with Crippen LogP contribution in [-0.2, 0) is 9.53 Å². The molecule has 17 heavy (non-hydrogen) atoms. The van der Waals surface area contributed by atoms with Crippen molar-refractivity contribution in [3.8, 4) is 0 Å². The minimum absolute atomic E-state index is 0.115. The van der Waals surface area contributed by atoms with Crippen LogP contribution in [0.3, 0.4) is 0 Å². The average Bonchev–Trinajstić information content (AvgIpc) is 2.34. The van der Waals surface area contributed by atoms with E-state index in [0.717, 1.165) is 5.56 Å². The van der Waals surface area contributed by atoms with Crippen molar-refractivity contribution in [1.29, 1.82) is 0 Å². The standard InChI is InChI=1S/C13H19NO3/c1-11(16)17-13(7-8-14-9-10-15)12-5-3-2-4-6-12/h2-6,13-15H,7-10H2,1H3. The summed E-state index contributed by atoms with van der Waals surface area (Å²) in [4.78, 5) is 11.0. The summed E-state index contributed by atoms with van der Waals surface area (Å²) in [7, 11) is 0. The summed E-state index contributed by atoms with van der Waals surface area (Å²) in [6, 6.07) is 9.66. The number of hydrogen-bond donors (Lipinski definition) is 2. The van der Waals surface area contributed by atoms with E-state index in [1.54, 1.807) is 0 Å². The smallest absolute Gasteiger partial charge is 0.303 e. The Morgan fingerprint density at radius 1 is 1.35 bits per heavy atom. The molecule has 1 aromatic carbocycles. The number of benzene rings is 1. The molecule has 0 saturated heterocycles. The van der Waals surface area contributed by atoms with Crippen LogP contribution in [0, 0.1) is 0 Å². The van der Waals surface area contributed by atoms with Gasteiger partial charge in [-0.05, 0) is 12.1 Å². The quantitative estimate of drug-likeness (QED) is 0.554. The van der Waals surface area contributed by atoms with Crippen molar-refractivity contribution in [1.82, 2.24) is 5.32 Å². The molecule has 0 aliphatic carbocycles. The zero-order chi connectivity index (χ0) is 12.5. The fourth-order valence-corrected chi connectivity index (χ4v) is 1.60. The van der Waals surface area contributed by atoms with Crippen LogP contribution < -0.4 is 5.32 Å². The van der Waals surface area contributed by atoms with Crippen molar-refractivity contribution in [3.05, 3.63) is 35.9 Å². The Labute approximate surface area is 102 Å². The molecule has 1 rings (SSSR count). The van der Waals surface area contributed by atoms with Crippen molar-refractivity contribution in [2.75, 3.05) is 19.7 Å². The molecule has 0 fully saturated rings. The van der Waals surface area contributed by atoms with E-state index in [2.05, 4.69) is 5.32 Å². The SMILES string of the molecule is CC(=O)OC(CCNCCO)c1ccccc1. The lowest BCUT2D eigenvalue weighted by molar-refractivity contribution is -0.147. The molecule has 1 unspecified atom stereocenters. The summed E-state index contributed by atoms with van der Waals surface area (Å²) in [5, 5.41) is 11.7. The molecule has 0 heterocycles. The Kier molecular flexibility index (Phi) is 6.29. The zero-order valence-electron chi connectivity index (χ0n) is 10.1. The first kappa shape index (κ1) is 13.7. The van der Waals surface area contributed by atoms with Crippen molar-refractivity contribution in [2.45, 2.75) is 19.4 Å². The second kappa shape index (κ2) is 7.81. The highest BCUT2D eigenvalue weighted by Gasteiger charge is 2.13. The Bertz CT molecular complexity index is 327. The first-order valence-electron chi connectivity index (χ1n) is 5.77. The molecule has 0 aliphatic rings. The van der Waals surface area contributed by atoms with Crippen molar-refractivity contribution in [3.63, 3.8) is 0 Å². The number of carbonyl (C=O) groups excluding carboxylic acids is 1. The fraction of sp³-hybridized carbons (Fsp3) is 0.462. The molecule has 0 amide bonds. The predicted octanol–water partition coefficient (Wildman–Crippen LogP) is 1.26. The highest BCUT2D eigenvalue weighted by molar-refractivity contribution is 5.66. The molecule has 0 aromatic heterocycles. The lowest BCUT2D eigenvalue weighted by atomic mass is 10.1. The van der Waals surface area contributed by atoms with Crippen LogP contribution in [0.4, 0.5) is 0 Å². The van der Waals surface area contributed by atoms with Gasteiger partial charge in [0.05, 0.1) is 6.61 Å². The Morgan fingerprint density at radius 2 is 2.06 bits per heavy atom. The Balaban J connectivity index is 2.52. The number of hydrogen-bond acceptors (Lipinski definition) is 4. The third kappa shape index (κ3) is 5.47. The van der Waals surface area contributed by atoms with Gasteiger partial charge in [-0.3, -0.25) is 4.79 Å². The van der Waals surface area contributed by atoms with Crippen LogP contribution in [0.25, 0.3) is 0 Å². The lowest BCUT2D eigenvalue weighted by Gasteiger charge is -2.17. The largest absolute Gasteiger partial charge is 0.458 e. The highest BCUT2D eigenvalue weighted by atomic mass is 16.5. The minimum Gasteiger partial charge on any atom is -0.458 e. The van der Waals surface area contributed by atoms with Crippen molar-refractivity contribution in [2.24, 2.45) is 0 Å². The first-order chi connectivity index (χ1) is 8.24. The Hall–Kier alpha value is -1.39. The summed E-state index contributed by atoms with van der Waals surface area (Å²) in [6.07, 6.45) is 0.476. The maximum atomic E-state index is 11.0. The molecule has 0 saturated carbocycles. The van der Waals surface area contributed by atoms with Gasteiger partial charge in [0.1, 0.15) is 6.10 Å². The van der Waals surface area contributed by atoms with Crippen LogP contribution in [-0.4, -0.2) is 30.8 Å². The number of ether oxygens (including phenoxy) is 1. The van der Waals surface area contributed by atoms with Gasteiger partial charge in [0.15, 0.2) is 0 Å². The van der Waals surface area contributed by atoms with E-state index in [1.807, 2.05) is 30.3 Å². The van der Waals surface area contributed by atoms with Gasteiger partial charge in [0.2, 0.25) is 0 Å². The highest BCUT2D eigenvalue weighted by Crippen LogP contribution is 2.20. The van der Waals surface area contributed by atoms with Crippen molar-refractivity contribution < 1.29 is 14.6 Å². The Morgan fingerprint density at radius 3 is 2.65 bits per heavy atom. The number of carbonyl (C=O) groups is 1. The number of nitrogens with one attached hydrogen (secondary N) is 1. The zero-order valence-corrected chi connectivity index (χ0v) is 10.1. The number of rotatable bonds is 7. The number of aliphatic hydroxyl groups is 1. The normalized spacial score (nSPS) is 12.1. The summed E-state index contributed by atoms with van der Waals surface area (Å²) >= 11 is 0. The topological polar surface area (TPSA) is 58.6 Å². The van der Waals surface area contributed by atoms with Gasteiger partial charge in [-0.2, -0.15) is 0 Å². The molecule has 1 atom stereocenters. The van der Waals surface area contributed by atoms with Crippen LogP contribution in [0.5, 0.6) is 0 Å². The third-order valence-corrected chi connectivity index (χ3v) is 2.35. The molecule has 4 nitrogen and oxygen atoms in total. The summed E-state index contributed by atoms with van der Waals surface area (Å²) in [6.45, 7) is 2.79. The first-order valence-corrected chi connectivity index (χ1v) is 5.77. The van der Waals surface area contributed by atoms with Gasteiger partial charge in [0, 0.05) is 19.9 Å². The van der Waals surface area contributed by atoms with E-state index in [1.165, 1.54) is 6.92 Å². The number of esters is 1. The van der Waals surface area contributed by atoms with E-state index >= 15 is 0 Å². The van der Waals surface area contributed by atoms with Gasteiger partial charge in [-0.15, -0.1) is 0 Å². The molecule has 0 aliphatic heterocycles. The molecule has 2 N–H and O–H groups in total. The molecule has 4 heteroatoms. The predicted molar refractivity (Wildman–Crippen MR) is 65.5 cm³/mol. The van der Waals surface area contributed by atoms with Crippen LogP contribution >= 0.6 is 0 Å². The third-order valence-electron chi connectivity index (χ3n) is 2.35. The molecule has 0 radical (unpaired) electrons. The summed E-state index contributed by atoms with van der Waals surface area (Å²) < 4.78 is 5.28. The van der Waals surface area contributed by atoms with Crippen LogP contribution in [0.1, 0.15) is 25.0 Å². The molecule has 0 bridgehead atoms. The van der Waals surface area contributed by atoms with E-state index in [-0.39, 0.29) is 18.7 Å². The fourth-order valence-electron chi connectivity index (χ4n) is 1.60. The lowest BCUT2D eigenvalue weighted by Crippen LogP contribution is -2.22. The molecule has 1 aromatic rings. The maximum Gasteiger partial charge on any atom is 0.303 e. The maximum absolute atomic E-state index is 11.0. The monoisotopic (exact) mass is 237 g/mol. The van der Waals surface area contributed by atoms with Crippen LogP contribution in [0.2, 0.25) is 0 Å². The summed E-state index contributed by atoms with van der Waals surface area (Å²) in [5.74, 6) is -0.277. The second-order valence-corrected chi connectivity index (χ2v) is 3.77. The van der Waals surface area contributed by atoms with Gasteiger partial charge in [-0.25, -0.2) is 0 Å².